The molecule has 0 amide bonds. The maximum atomic E-state index is 12.1. The molecule has 19 heavy (non-hydrogen) atoms. The highest BCUT2D eigenvalue weighted by atomic mass is 32.2. The molecule has 2 aromatic heterocycles. The molecular weight excluding hydrogens is 266 g/mol. The predicted molar refractivity (Wildman–Crippen MR) is 72.4 cm³/mol. The maximum Gasteiger partial charge on any atom is 0.264 e. The average molecular weight is 281 g/mol. The van der Waals surface area contributed by atoms with E-state index >= 15 is 0 Å². The molecular formula is C11H15N5O2S. The fourth-order valence-electron chi connectivity index (χ4n) is 1.49. The molecule has 0 aliphatic rings. The highest BCUT2D eigenvalue weighted by Gasteiger charge is 2.15. The van der Waals surface area contributed by atoms with Crippen LogP contribution in [0, 0.1) is 0 Å². The van der Waals surface area contributed by atoms with Gasteiger partial charge in [-0.15, -0.1) is 0 Å². The summed E-state index contributed by atoms with van der Waals surface area (Å²) in [4.78, 5) is 4.12. The van der Waals surface area contributed by atoms with Crippen LogP contribution in [0.4, 0.5) is 11.6 Å². The summed E-state index contributed by atoms with van der Waals surface area (Å²) in [6.45, 7) is 2.67. The summed E-state index contributed by atoms with van der Waals surface area (Å²) in [5.41, 5.74) is 0. The zero-order valence-electron chi connectivity index (χ0n) is 10.7. The molecule has 7 nitrogen and oxygen atoms in total. The first-order valence-corrected chi connectivity index (χ1v) is 7.22. The van der Waals surface area contributed by atoms with Crippen LogP contribution in [0.25, 0.3) is 0 Å². The molecule has 0 bridgehead atoms. The van der Waals surface area contributed by atoms with Gasteiger partial charge in [0.25, 0.3) is 10.0 Å². The van der Waals surface area contributed by atoms with Gasteiger partial charge in [0.15, 0.2) is 5.82 Å². The van der Waals surface area contributed by atoms with Crippen LogP contribution in [-0.4, -0.2) is 29.7 Å². The molecule has 2 aromatic rings. The Hall–Kier alpha value is -2.09. The van der Waals surface area contributed by atoms with Crippen molar-refractivity contribution in [3.63, 3.8) is 0 Å². The molecule has 0 spiro atoms. The normalized spacial score (nSPS) is 11.3. The number of sulfonamides is 1. The van der Waals surface area contributed by atoms with Crippen LogP contribution in [0.15, 0.2) is 35.5 Å². The summed E-state index contributed by atoms with van der Waals surface area (Å²) >= 11 is 0. The second-order valence-corrected chi connectivity index (χ2v) is 5.57. The van der Waals surface area contributed by atoms with Gasteiger partial charge < -0.3 is 5.32 Å². The number of nitrogens with one attached hydrogen (secondary N) is 2. The third-order valence-electron chi connectivity index (χ3n) is 2.36. The molecule has 0 unspecified atom stereocenters. The Kier molecular flexibility index (Phi) is 3.70. The van der Waals surface area contributed by atoms with E-state index in [0.29, 0.717) is 5.82 Å². The van der Waals surface area contributed by atoms with Crippen molar-refractivity contribution in [2.45, 2.75) is 11.8 Å². The molecule has 0 fully saturated rings. The minimum atomic E-state index is -3.65. The van der Waals surface area contributed by atoms with E-state index < -0.39 is 10.0 Å². The van der Waals surface area contributed by atoms with Crippen LogP contribution in [0.2, 0.25) is 0 Å². The summed E-state index contributed by atoms with van der Waals surface area (Å²) < 4.78 is 28.0. The van der Waals surface area contributed by atoms with Gasteiger partial charge in [0, 0.05) is 32.1 Å². The van der Waals surface area contributed by atoms with Crippen molar-refractivity contribution >= 4 is 21.7 Å². The van der Waals surface area contributed by atoms with Crippen LogP contribution in [0.1, 0.15) is 6.92 Å². The number of anilines is 2. The van der Waals surface area contributed by atoms with E-state index in [0.717, 1.165) is 6.54 Å². The fraction of sp³-hybridized carbons (Fsp3) is 0.273. The Labute approximate surface area is 111 Å². The van der Waals surface area contributed by atoms with E-state index in [2.05, 4.69) is 20.1 Å². The lowest BCUT2D eigenvalue weighted by molar-refractivity contribution is 0.600. The van der Waals surface area contributed by atoms with Gasteiger partial charge in [0.2, 0.25) is 0 Å². The molecule has 2 rings (SSSR count). The number of hydrogen-bond donors (Lipinski definition) is 2. The number of rotatable bonds is 5. The van der Waals surface area contributed by atoms with Crippen molar-refractivity contribution in [2.75, 3.05) is 16.6 Å². The number of aromatic nitrogens is 3. The summed E-state index contributed by atoms with van der Waals surface area (Å²) in [6.07, 6.45) is 2.97. The molecule has 0 aromatic carbocycles. The number of hydrogen-bond acceptors (Lipinski definition) is 5. The van der Waals surface area contributed by atoms with Gasteiger partial charge >= 0.3 is 0 Å². The zero-order valence-corrected chi connectivity index (χ0v) is 11.5. The Morgan fingerprint density at radius 3 is 2.58 bits per heavy atom. The molecule has 2 N–H and O–H groups in total. The van der Waals surface area contributed by atoms with Gasteiger partial charge in [0.05, 0.1) is 0 Å². The second kappa shape index (κ2) is 5.27. The van der Waals surface area contributed by atoms with E-state index in [1.54, 1.807) is 25.4 Å². The van der Waals surface area contributed by atoms with Crippen LogP contribution in [0.3, 0.4) is 0 Å². The van der Waals surface area contributed by atoms with Crippen molar-refractivity contribution in [1.29, 1.82) is 0 Å². The van der Waals surface area contributed by atoms with Crippen molar-refractivity contribution in [3.05, 3.63) is 30.6 Å². The molecule has 2 heterocycles. The van der Waals surface area contributed by atoms with E-state index in [1.807, 2.05) is 6.92 Å². The van der Waals surface area contributed by atoms with E-state index in [-0.39, 0.29) is 10.7 Å². The highest BCUT2D eigenvalue weighted by Crippen LogP contribution is 2.14. The van der Waals surface area contributed by atoms with Gasteiger partial charge in [-0.05, 0) is 19.1 Å². The molecule has 0 saturated heterocycles. The first-order chi connectivity index (χ1) is 9.01. The Balaban J connectivity index is 2.19. The van der Waals surface area contributed by atoms with Crippen LogP contribution in [-0.2, 0) is 17.1 Å². The van der Waals surface area contributed by atoms with Gasteiger partial charge in [-0.25, -0.2) is 13.4 Å². The summed E-state index contributed by atoms with van der Waals surface area (Å²) in [6, 6.07) is 4.70. The number of aryl methyl sites for hydroxylation is 1. The van der Waals surface area contributed by atoms with Gasteiger partial charge in [-0.2, -0.15) is 5.10 Å². The largest absolute Gasteiger partial charge is 0.370 e. The second-order valence-electron chi connectivity index (χ2n) is 3.89. The third-order valence-corrected chi connectivity index (χ3v) is 3.70. The lowest BCUT2D eigenvalue weighted by Crippen LogP contribution is -2.14. The smallest absolute Gasteiger partial charge is 0.264 e. The molecule has 0 aliphatic carbocycles. The average Bonchev–Trinajstić information content (AvgIpc) is 2.75. The topological polar surface area (TPSA) is 88.9 Å². The van der Waals surface area contributed by atoms with Crippen LogP contribution < -0.4 is 10.0 Å². The minimum absolute atomic E-state index is 0.0970. The summed E-state index contributed by atoms with van der Waals surface area (Å²) in [5.74, 6) is 0.914. The van der Waals surface area contributed by atoms with E-state index in [4.69, 9.17) is 0 Å². The quantitative estimate of drug-likeness (QED) is 0.855. The highest BCUT2D eigenvalue weighted by molar-refractivity contribution is 7.92. The first-order valence-electron chi connectivity index (χ1n) is 5.73. The van der Waals surface area contributed by atoms with Crippen molar-refractivity contribution in [3.8, 4) is 0 Å². The molecule has 0 saturated carbocycles. The monoisotopic (exact) mass is 281 g/mol. The molecule has 102 valence electrons. The number of nitrogens with zero attached hydrogens (tertiary/aromatic N) is 3. The molecule has 0 aliphatic heterocycles. The van der Waals surface area contributed by atoms with E-state index in [1.165, 1.54) is 16.9 Å². The standard InChI is InChI=1S/C11H15N5O2S/c1-3-12-10-5-4-9(8-13-10)19(17,18)15-11-6-7-16(2)14-11/h4-8H,3H2,1-2H3,(H,12,13)(H,14,15). The Morgan fingerprint density at radius 1 is 1.26 bits per heavy atom. The van der Waals surface area contributed by atoms with Gasteiger partial charge in [-0.1, -0.05) is 0 Å². The Morgan fingerprint density at radius 2 is 2.05 bits per heavy atom. The van der Waals surface area contributed by atoms with Crippen molar-refractivity contribution in [2.24, 2.45) is 7.05 Å². The minimum Gasteiger partial charge on any atom is -0.370 e. The summed E-state index contributed by atoms with van der Waals surface area (Å²) in [7, 11) is -1.93. The third kappa shape index (κ3) is 3.22. The van der Waals surface area contributed by atoms with E-state index in [9.17, 15) is 8.42 Å². The first kappa shape index (κ1) is 13.3. The lowest BCUT2D eigenvalue weighted by atomic mass is 10.4. The van der Waals surface area contributed by atoms with Gasteiger partial charge in [-0.3, -0.25) is 9.40 Å². The zero-order chi connectivity index (χ0) is 13.9. The molecule has 8 heteroatoms. The summed E-state index contributed by atoms with van der Waals surface area (Å²) in [5, 5.41) is 6.96. The van der Waals surface area contributed by atoms with Crippen LogP contribution in [0.5, 0.6) is 0 Å². The van der Waals surface area contributed by atoms with Gasteiger partial charge in [0.1, 0.15) is 10.7 Å². The lowest BCUT2D eigenvalue weighted by Gasteiger charge is -2.06. The molecule has 0 radical (unpaired) electrons. The fourth-order valence-corrected chi connectivity index (χ4v) is 2.43. The predicted octanol–water partition coefficient (Wildman–Crippen LogP) is 1.05. The molecule has 0 atom stereocenters. The maximum absolute atomic E-state index is 12.1. The Bertz CT molecular complexity index is 648. The number of pyridine rings is 1. The van der Waals surface area contributed by atoms with Crippen molar-refractivity contribution < 1.29 is 8.42 Å². The van der Waals surface area contributed by atoms with Crippen molar-refractivity contribution in [1.82, 2.24) is 14.8 Å². The van der Waals surface area contributed by atoms with Crippen LogP contribution >= 0.6 is 0 Å². The SMILES string of the molecule is CCNc1ccc(S(=O)(=O)Nc2ccn(C)n2)cn1.